The van der Waals surface area contributed by atoms with Crippen molar-refractivity contribution in [2.75, 3.05) is 17.7 Å². The topological polar surface area (TPSA) is 61.4 Å². The minimum atomic E-state index is -0.186. The summed E-state index contributed by atoms with van der Waals surface area (Å²) in [5, 5.41) is 6.93. The summed E-state index contributed by atoms with van der Waals surface area (Å²) < 4.78 is 0. The number of hydrogen-bond donors (Lipinski definition) is 2. The first kappa shape index (κ1) is 23.2. The molecule has 5 rings (SSSR count). The van der Waals surface area contributed by atoms with E-state index in [1.165, 1.54) is 19.3 Å². The van der Waals surface area contributed by atoms with Gasteiger partial charge in [0, 0.05) is 34.9 Å². The van der Waals surface area contributed by atoms with Gasteiger partial charge in [-0.15, -0.1) is 0 Å². The second-order valence-electron chi connectivity index (χ2n) is 9.17. The number of benzene rings is 3. The summed E-state index contributed by atoms with van der Waals surface area (Å²) in [6, 6.07) is 22.9. The standard InChI is InChI=1S/C29H28ClN3O2/c1-33(23-10-6-3-7-11-23)29(35)20-12-15-22(16-13-20)31-27(19-8-4-2-5-9-19)26-24-17-14-21(30)18-25(24)32-28(26)34/h2,4-5,8-9,12-18,23,31H,3,6-7,10-11H2,1H3,(H,32,34). The normalized spacial score (nSPS) is 16.9. The summed E-state index contributed by atoms with van der Waals surface area (Å²) in [6.07, 6.45) is 5.78. The van der Waals surface area contributed by atoms with Crippen LogP contribution in [0.2, 0.25) is 5.02 Å². The number of nitrogens with one attached hydrogen (secondary N) is 2. The molecule has 0 spiro atoms. The van der Waals surface area contributed by atoms with Crippen LogP contribution in [0.4, 0.5) is 11.4 Å². The molecule has 178 valence electrons. The molecule has 35 heavy (non-hydrogen) atoms. The number of carbonyl (C=O) groups is 2. The molecule has 0 unspecified atom stereocenters. The van der Waals surface area contributed by atoms with Crippen molar-refractivity contribution in [2.45, 2.75) is 38.1 Å². The van der Waals surface area contributed by atoms with E-state index in [2.05, 4.69) is 10.6 Å². The van der Waals surface area contributed by atoms with E-state index in [9.17, 15) is 9.59 Å². The summed E-state index contributed by atoms with van der Waals surface area (Å²) in [6.45, 7) is 0. The van der Waals surface area contributed by atoms with Crippen LogP contribution in [0, 0.1) is 0 Å². The summed E-state index contributed by atoms with van der Waals surface area (Å²) in [5.41, 5.74) is 5.09. The highest BCUT2D eigenvalue weighted by atomic mass is 35.5. The van der Waals surface area contributed by atoms with Crippen LogP contribution in [0.25, 0.3) is 11.3 Å². The van der Waals surface area contributed by atoms with Crippen molar-refractivity contribution in [1.82, 2.24) is 4.90 Å². The Labute approximate surface area is 210 Å². The maximum absolute atomic E-state index is 13.0. The van der Waals surface area contributed by atoms with Gasteiger partial charge in [0.15, 0.2) is 0 Å². The number of nitrogens with zero attached hydrogens (tertiary/aromatic N) is 1. The van der Waals surface area contributed by atoms with Gasteiger partial charge >= 0.3 is 0 Å². The Morgan fingerprint density at radius 2 is 1.66 bits per heavy atom. The largest absolute Gasteiger partial charge is 0.354 e. The molecule has 3 aromatic carbocycles. The molecule has 1 saturated carbocycles. The number of halogens is 1. The fraction of sp³-hybridized carbons (Fsp3) is 0.241. The van der Waals surface area contributed by atoms with Gasteiger partial charge in [0.2, 0.25) is 0 Å². The molecule has 0 saturated heterocycles. The van der Waals surface area contributed by atoms with Gasteiger partial charge in [-0.1, -0.05) is 67.3 Å². The van der Waals surface area contributed by atoms with E-state index in [1.807, 2.05) is 72.6 Å². The monoisotopic (exact) mass is 485 g/mol. The van der Waals surface area contributed by atoms with Crippen molar-refractivity contribution in [2.24, 2.45) is 0 Å². The van der Waals surface area contributed by atoms with Crippen LogP contribution in [0.5, 0.6) is 0 Å². The number of hydrogen-bond acceptors (Lipinski definition) is 3. The summed E-state index contributed by atoms with van der Waals surface area (Å²) in [5.74, 6) is -0.138. The lowest BCUT2D eigenvalue weighted by molar-refractivity contribution is -0.110. The lowest BCUT2D eigenvalue weighted by atomic mass is 9.94. The lowest BCUT2D eigenvalue weighted by Gasteiger charge is -2.31. The molecule has 1 heterocycles. The van der Waals surface area contributed by atoms with Crippen molar-refractivity contribution in [1.29, 1.82) is 0 Å². The second kappa shape index (κ2) is 9.96. The predicted molar refractivity (Wildman–Crippen MR) is 142 cm³/mol. The van der Waals surface area contributed by atoms with Crippen LogP contribution in [0.3, 0.4) is 0 Å². The first-order valence-electron chi connectivity index (χ1n) is 12.1. The van der Waals surface area contributed by atoms with Crippen molar-refractivity contribution in [3.8, 4) is 0 Å². The van der Waals surface area contributed by atoms with Crippen molar-refractivity contribution < 1.29 is 9.59 Å². The van der Waals surface area contributed by atoms with E-state index in [1.54, 1.807) is 12.1 Å². The van der Waals surface area contributed by atoms with Gasteiger partial charge in [-0.05, 0) is 54.8 Å². The van der Waals surface area contributed by atoms with Crippen LogP contribution < -0.4 is 10.6 Å². The molecule has 1 aliphatic heterocycles. The summed E-state index contributed by atoms with van der Waals surface area (Å²) in [7, 11) is 1.91. The third-order valence-corrected chi connectivity index (χ3v) is 7.12. The maximum Gasteiger partial charge on any atom is 0.258 e. The van der Waals surface area contributed by atoms with E-state index in [0.29, 0.717) is 33.6 Å². The van der Waals surface area contributed by atoms with Gasteiger partial charge in [0.05, 0.1) is 17.0 Å². The zero-order valence-electron chi connectivity index (χ0n) is 19.7. The molecule has 2 amide bonds. The van der Waals surface area contributed by atoms with Crippen LogP contribution in [0.15, 0.2) is 72.8 Å². The number of anilines is 2. The Balaban J connectivity index is 1.45. The van der Waals surface area contributed by atoms with Crippen LogP contribution in [-0.4, -0.2) is 29.8 Å². The number of amides is 2. The third kappa shape index (κ3) is 4.82. The van der Waals surface area contributed by atoms with E-state index >= 15 is 0 Å². The Morgan fingerprint density at radius 3 is 2.37 bits per heavy atom. The molecule has 0 aromatic heterocycles. The molecule has 2 N–H and O–H groups in total. The first-order valence-corrected chi connectivity index (χ1v) is 12.4. The third-order valence-electron chi connectivity index (χ3n) is 6.88. The molecule has 5 nitrogen and oxygen atoms in total. The molecular formula is C29H28ClN3O2. The van der Waals surface area contributed by atoms with Crippen LogP contribution in [-0.2, 0) is 4.79 Å². The fourth-order valence-electron chi connectivity index (χ4n) is 4.96. The smallest absolute Gasteiger partial charge is 0.258 e. The summed E-state index contributed by atoms with van der Waals surface area (Å²) >= 11 is 6.14. The maximum atomic E-state index is 13.0. The molecule has 0 radical (unpaired) electrons. The number of fused-ring (bicyclic) bond motifs is 1. The van der Waals surface area contributed by atoms with Gasteiger partial charge < -0.3 is 15.5 Å². The molecule has 6 heteroatoms. The first-order chi connectivity index (χ1) is 17.0. The van der Waals surface area contributed by atoms with E-state index in [-0.39, 0.29) is 11.8 Å². The molecule has 0 atom stereocenters. The van der Waals surface area contributed by atoms with Gasteiger partial charge in [0.1, 0.15) is 0 Å². The summed E-state index contributed by atoms with van der Waals surface area (Å²) in [4.78, 5) is 28.0. The SMILES string of the molecule is CN(C(=O)c1ccc(NC(=C2C(=O)Nc3cc(Cl)ccc32)c2ccccc2)cc1)C1CCCCC1. The van der Waals surface area contributed by atoms with Crippen molar-refractivity contribution in [3.63, 3.8) is 0 Å². The minimum absolute atomic E-state index is 0.0473. The Hall–Kier alpha value is -3.57. The molecule has 0 bridgehead atoms. The van der Waals surface area contributed by atoms with Gasteiger partial charge in [0.25, 0.3) is 11.8 Å². The van der Waals surface area contributed by atoms with E-state index in [4.69, 9.17) is 11.6 Å². The molecule has 1 aliphatic carbocycles. The fourth-order valence-corrected chi connectivity index (χ4v) is 5.13. The Bertz CT molecular complexity index is 1280. The average molecular weight is 486 g/mol. The van der Waals surface area contributed by atoms with E-state index < -0.39 is 0 Å². The highest BCUT2D eigenvalue weighted by Crippen LogP contribution is 2.38. The molecular weight excluding hydrogens is 458 g/mol. The van der Waals surface area contributed by atoms with Crippen LogP contribution in [0.1, 0.15) is 53.6 Å². The predicted octanol–water partition coefficient (Wildman–Crippen LogP) is 6.68. The lowest BCUT2D eigenvalue weighted by Crippen LogP contribution is -2.38. The minimum Gasteiger partial charge on any atom is -0.354 e. The quantitative estimate of drug-likeness (QED) is 0.396. The van der Waals surface area contributed by atoms with Gasteiger partial charge in [-0.2, -0.15) is 0 Å². The number of carbonyl (C=O) groups excluding carboxylic acids is 2. The van der Waals surface area contributed by atoms with Crippen LogP contribution >= 0.6 is 11.6 Å². The van der Waals surface area contributed by atoms with Gasteiger partial charge in [-0.25, -0.2) is 0 Å². The average Bonchev–Trinajstić information content (AvgIpc) is 3.22. The van der Waals surface area contributed by atoms with Crippen molar-refractivity contribution >= 4 is 46.1 Å². The van der Waals surface area contributed by atoms with Crippen molar-refractivity contribution in [3.05, 3.63) is 94.5 Å². The Kier molecular flexibility index (Phi) is 6.60. The van der Waals surface area contributed by atoms with Gasteiger partial charge in [-0.3, -0.25) is 9.59 Å². The second-order valence-corrected chi connectivity index (χ2v) is 9.61. The van der Waals surface area contributed by atoms with E-state index in [0.717, 1.165) is 29.7 Å². The highest BCUT2D eigenvalue weighted by molar-refractivity contribution is 6.38. The molecule has 1 fully saturated rings. The number of rotatable bonds is 5. The molecule has 3 aromatic rings. The Morgan fingerprint density at radius 1 is 0.943 bits per heavy atom. The molecule has 2 aliphatic rings. The zero-order chi connectivity index (χ0) is 24.4. The zero-order valence-corrected chi connectivity index (χ0v) is 20.4. The highest BCUT2D eigenvalue weighted by Gasteiger charge is 2.29.